The summed E-state index contributed by atoms with van der Waals surface area (Å²) in [5, 5.41) is 2.83. The van der Waals surface area contributed by atoms with E-state index in [1.54, 1.807) is 32.4 Å². The van der Waals surface area contributed by atoms with E-state index >= 15 is 0 Å². The van der Waals surface area contributed by atoms with Crippen LogP contribution in [-0.4, -0.2) is 34.3 Å². The third kappa shape index (κ3) is 4.47. The van der Waals surface area contributed by atoms with Crippen molar-refractivity contribution in [3.8, 4) is 23.0 Å². The molecule has 0 spiro atoms. The van der Waals surface area contributed by atoms with Crippen molar-refractivity contribution in [2.45, 2.75) is 6.54 Å². The molecule has 0 aliphatic heterocycles. The van der Waals surface area contributed by atoms with Crippen LogP contribution in [0.3, 0.4) is 0 Å². The van der Waals surface area contributed by atoms with Gasteiger partial charge in [0.2, 0.25) is 11.7 Å². The number of methoxy groups -OCH3 is 4. The van der Waals surface area contributed by atoms with E-state index in [0.717, 1.165) is 11.3 Å². The SMILES string of the molecule is COc1ccccc1CNC(=O)C=Cc1ccc(OC)c(OC)c1OC. The average Bonchev–Trinajstić information content (AvgIpc) is 2.69. The third-order valence-corrected chi connectivity index (χ3v) is 3.79. The second-order valence-corrected chi connectivity index (χ2v) is 5.29. The summed E-state index contributed by atoms with van der Waals surface area (Å²) in [4.78, 5) is 12.1. The third-order valence-electron chi connectivity index (χ3n) is 3.79. The summed E-state index contributed by atoms with van der Waals surface area (Å²) in [6.45, 7) is 0.371. The van der Waals surface area contributed by atoms with Gasteiger partial charge >= 0.3 is 0 Å². The zero-order valence-corrected chi connectivity index (χ0v) is 15.4. The van der Waals surface area contributed by atoms with Crippen LogP contribution in [0.15, 0.2) is 42.5 Å². The molecule has 0 heterocycles. The van der Waals surface area contributed by atoms with Crippen LogP contribution in [0.1, 0.15) is 11.1 Å². The molecule has 138 valence electrons. The summed E-state index contributed by atoms with van der Waals surface area (Å²) in [6.07, 6.45) is 3.11. The van der Waals surface area contributed by atoms with Crippen molar-refractivity contribution in [2.24, 2.45) is 0 Å². The van der Waals surface area contributed by atoms with Crippen molar-refractivity contribution in [2.75, 3.05) is 28.4 Å². The molecule has 0 saturated heterocycles. The molecule has 6 heteroatoms. The van der Waals surface area contributed by atoms with Gasteiger partial charge in [-0.25, -0.2) is 0 Å². The molecule has 0 unspecified atom stereocenters. The van der Waals surface area contributed by atoms with Gasteiger partial charge in [0.05, 0.1) is 28.4 Å². The quantitative estimate of drug-likeness (QED) is 0.736. The van der Waals surface area contributed by atoms with Crippen LogP contribution < -0.4 is 24.3 Å². The van der Waals surface area contributed by atoms with Gasteiger partial charge in [-0.05, 0) is 24.3 Å². The molecule has 0 fully saturated rings. The first-order chi connectivity index (χ1) is 12.6. The molecule has 6 nitrogen and oxygen atoms in total. The van der Waals surface area contributed by atoms with Crippen molar-refractivity contribution in [3.05, 3.63) is 53.6 Å². The fraction of sp³-hybridized carbons (Fsp3) is 0.250. The Labute approximate surface area is 153 Å². The monoisotopic (exact) mass is 357 g/mol. The first-order valence-electron chi connectivity index (χ1n) is 8.01. The van der Waals surface area contributed by atoms with Crippen LogP contribution >= 0.6 is 0 Å². The minimum atomic E-state index is -0.229. The van der Waals surface area contributed by atoms with Crippen molar-refractivity contribution in [3.63, 3.8) is 0 Å². The number of ether oxygens (including phenoxy) is 4. The molecule has 0 aliphatic carbocycles. The number of hydrogen-bond donors (Lipinski definition) is 1. The van der Waals surface area contributed by atoms with Crippen molar-refractivity contribution >= 4 is 12.0 Å². The molecule has 0 bridgehead atoms. The van der Waals surface area contributed by atoms with Crippen molar-refractivity contribution < 1.29 is 23.7 Å². The Kier molecular flexibility index (Phi) is 6.91. The lowest BCUT2D eigenvalue weighted by Gasteiger charge is -2.14. The number of rotatable bonds is 8. The summed E-state index contributed by atoms with van der Waals surface area (Å²) in [7, 11) is 6.23. The first kappa shape index (κ1) is 19.2. The highest BCUT2D eigenvalue weighted by Crippen LogP contribution is 2.40. The van der Waals surface area contributed by atoms with E-state index in [-0.39, 0.29) is 5.91 Å². The highest BCUT2D eigenvalue weighted by atomic mass is 16.5. The van der Waals surface area contributed by atoms with Crippen LogP contribution in [0.2, 0.25) is 0 Å². The number of para-hydroxylation sites is 1. The van der Waals surface area contributed by atoms with E-state index in [2.05, 4.69) is 5.32 Å². The molecule has 0 aliphatic rings. The molecule has 2 aromatic rings. The fourth-order valence-electron chi connectivity index (χ4n) is 2.51. The summed E-state index contributed by atoms with van der Waals surface area (Å²) in [5.74, 6) is 2.04. The predicted molar refractivity (Wildman–Crippen MR) is 100.0 cm³/mol. The summed E-state index contributed by atoms with van der Waals surface area (Å²) in [6, 6.07) is 11.1. The summed E-state index contributed by atoms with van der Waals surface area (Å²) >= 11 is 0. The van der Waals surface area contributed by atoms with Gasteiger partial charge in [0.25, 0.3) is 0 Å². The van der Waals surface area contributed by atoms with E-state index in [1.165, 1.54) is 20.3 Å². The normalized spacial score (nSPS) is 10.5. The molecule has 26 heavy (non-hydrogen) atoms. The zero-order valence-electron chi connectivity index (χ0n) is 15.4. The van der Waals surface area contributed by atoms with Crippen molar-refractivity contribution in [1.82, 2.24) is 5.32 Å². The van der Waals surface area contributed by atoms with Gasteiger partial charge in [0.1, 0.15) is 5.75 Å². The van der Waals surface area contributed by atoms with Gasteiger partial charge in [0.15, 0.2) is 11.5 Å². The van der Waals surface area contributed by atoms with Gasteiger partial charge in [-0.3, -0.25) is 4.79 Å². The second kappa shape index (κ2) is 9.36. The maximum absolute atomic E-state index is 12.1. The lowest BCUT2D eigenvalue weighted by molar-refractivity contribution is -0.116. The molecular weight excluding hydrogens is 334 g/mol. The maximum atomic E-state index is 12.1. The number of nitrogens with one attached hydrogen (secondary N) is 1. The van der Waals surface area contributed by atoms with E-state index in [4.69, 9.17) is 18.9 Å². The molecule has 0 atom stereocenters. The number of benzene rings is 2. The predicted octanol–water partition coefficient (Wildman–Crippen LogP) is 3.05. The smallest absolute Gasteiger partial charge is 0.244 e. The molecule has 2 rings (SSSR count). The molecular formula is C20H23NO5. The first-order valence-corrected chi connectivity index (χ1v) is 8.01. The minimum Gasteiger partial charge on any atom is -0.496 e. The Morgan fingerprint density at radius 3 is 2.23 bits per heavy atom. The Hall–Kier alpha value is -3.15. The Morgan fingerprint density at radius 2 is 1.58 bits per heavy atom. The number of carbonyl (C=O) groups is 1. The number of hydrogen-bond acceptors (Lipinski definition) is 5. The number of carbonyl (C=O) groups excluding carboxylic acids is 1. The highest BCUT2D eigenvalue weighted by Gasteiger charge is 2.14. The van der Waals surface area contributed by atoms with Crippen LogP contribution in [0.4, 0.5) is 0 Å². The van der Waals surface area contributed by atoms with Crippen molar-refractivity contribution in [1.29, 1.82) is 0 Å². The van der Waals surface area contributed by atoms with Gasteiger partial charge in [-0.1, -0.05) is 18.2 Å². The number of amides is 1. The molecule has 2 aromatic carbocycles. The molecule has 0 saturated carbocycles. The summed E-state index contributed by atoms with van der Waals surface area (Å²) in [5.41, 5.74) is 1.61. The standard InChI is InChI=1S/C20H23NO5/c1-23-16-8-6-5-7-15(16)13-21-18(22)12-10-14-9-11-17(24-2)20(26-4)19(14)25-3/h5-12H,13H2,1-4H3,(H,21,22). The van der Waals surface area contributed by atoms with Crippen LogP contribution in [0.25, 0.3) is 6.08 Å². The Bertz CT molecular complexity index is 786. The summed E-state index contributed by atoms with van der Waals surface area (Å²) < 4.78 is 21.3. The van der Waals surface area contributed by atoms with E-state index in [1.807, 2.05) is 24.3 Å². The van der Waals surface area contributed by atoms with E-state index in [0.29, 0.717) is 29.4 Å². The van der Waals surface area contributed by atoms with E-state index < -0.39 is 0 Å². The Morgan fingerprint density at radius 1 is 0.885 bits per heavy atom. The topological polar surface area (TPSA) is 66.0 Å². The largest absolute Gasteiger partial charge is 0.496 e. The molecule has 1 amide bonds. The van der Waals surface area contributed by atoms with Gasteiger partial charge in [0, 0.05) is 23.7 Å². The Balaban J connectivity index is 2.10. The minimum absolute atomic E-state index is 0.229. The van der Waals surface area contributed by atoms with Gasteiger partial charge in [-0.15, -0.1) is 0 Å². The van der Waals surface area contributed by atoms with Crippen LogP contribution in [-0.2, 0) is 11.3 Å². The van der Waals surface area contributed by atoms with Crippen LogP contribution in [0, 0.1) is 0 Å². The van der Waals surface area contributed by atoms with Crippen LogP contribution in [0.5, 0.6) is 23.0 Å². The lowest BCUT2D eigenvalue weighted by atomic mass is 10.1. The maximum Gasteiger partial charge on any atom is 0.244 e. The van der Waals surface area contributed by atoms with Gasteiger partial charge < -0.3 is 24.3 Å². The highest BCUT2D eigenvalue weighted by molar-refractivity contribution is 5.92. The van der Waals surface area contributed by atoms with E-state index in [9.17, 15) is 4.79 Å². The molecule has 0 aromatic heterocycles. The fourth-order valence-corrected chi connectivity index (χ4v) is 2.51. The molecule has 0 radical (unpaired) electrons. The van der Waals surface area contributed by atoms with Gasteiger partial charge in [-0.2, -0.15) is 0 Å². The zero-order chi connectivity index (χ0) is 18.9. The lowest BCUT2D eigenvalue weighted by Crippen LogP contribution is -2.20. The second-order valence-electron chi connectivity index (χ2n) is 5.29. The average molecular weight is 357 g/mol. The molecule has 1 N–H and O–H groups in total.